The summed E-state index contributed by atoms with van der Waals surface area (Å²) in [6.07, 6.45) is 7.39. The molecule has 0 fully saturated rings. The Labute approximate surface area is 181 Å². The summed E-state index contributed by atoms with van der Waals surface area (Å²) < 4.78 is 4.65. The van der Waals surface area contributed by atoms with Crippen molar-refractivity contribution in [3.8, 4) is 5.69 Å². The third kappa shape index (κ3) is 3.39. The molecule has 4 aromatic rings. The number of carbonyl (C=O) groups is 1. The third-order valence-corrected chi connectivity index (χ3v) is 5.80. The normalized spacial score (nSPS) is 13.8. The first-order valence-corrected chi connectivity index (χ1v) is 10.7. The zero-order chi connectivity index (χ0) is 20.7. The maximum atomic E-state index is 13.3. The third-order valence-electron chi connectivity index (χ3n) is 5.31. The molecule has 1 N–H and O–H groups in total. The van der Waals surface area contributed by atoms with Crippen LogP contribution in [0, 0.1) is 6.92 Å². The van der Waals surface area contributed by atoms with Gasteiger partial charge in [0.05, 0.1) is 16.9 Å². The molecule has 9 heteroatoms. The minimum Gasteiger partial charge on any atom is -0.320 e. The largest absolute Gasteiger partial charge is 0.320 e. The van der Waals surface area contributed by atoms with Crippen molar-refractivity contribution in [3.63, 3.8) is 0 Å². The van der Waals surface area contributed by atoms with Gasteiger partial charge in [0, 0.05) is 23.1 Å². The smallest absolute Gasteiger partial charge is 0.258 e. The minimum absolute atomic E-state index is 0.224. The van der Waals surface area contributed by atoms with Crippen LogP contribution in [0.2, 0.25) is 0 Å². The number of imidazole rings is 1. The number of halogens is 1. The minimum atomic E-state index is -0.224. The number of amides is 1. The van der Waals surface area contributed by atoms with E-state index in [2.05, 4.69) is 35.9 Å². The standard InChI is InChI=1S/C21H20BrN7O/c1-13-9-15(19-20(25-13)28-8-4-2-3-5-18(28)27-19)21(30)26-16-10-14(22)6-7-17(16)29-12-23-11-24-29/h6-7,9-12H,2-5,8H2,1H3,(H,26,30). The maximum absolute atomic E-state index is 13.3. The van der Waals surface area contributed by atoms with Crippen LogP contribution >= 0.6 is 15.9 Å². The van der Waals surface area contributed by atoms with Crippen LogP contribution < -0.4 is 5.32 Å². The Morgan fingerprint density at radius 3 is 2.90 bits per heavy atom. The average molecular weight is 466 g/mol. The van der Waals surface area contributed by atoms with E-state index in [1.165, 1.54) is 12.7 Å². The van der Waals surface area contributed by atoms with Gasteiger partial charge >= 0.3 is 0 Å². The highest BCUT2D eigenvalue weighted by molar-refractivity contribution is 9.10. The fourth-order valence-electron chi connectivity index (χ4n) is 3.92. The molecular weight excluding hydrogens is 446 g/mol. The summed E-state index contributed by atoms with van der Waals surface area (Å²) in [5, 5.41) is 7.22. The Kier molecular flexibility index (Phi) is 4.82. The monoisotopic (exact) mass is 465 g/mol. The quantitative estimate of drug-likeness (QED) is 0.492. The van der Waals surface area contributed by atoms with E-state index in [4.69, 9.17) is 9.97 Å². The molecule has 5 rings (SSSR count). The Hall–Kier alpha value is -3.07. The molecule has 0 aliphatic carbocycles. The number of aromatic nitrogens is 6. The molecule has 0 radical (unpaired) electrons. The number of fused-ring (bicyclic) bond motifs is 3. The zero-order valence-electron chi connectivity index (χ0n) is 16.5. The Bertz CT molecular complexity index is 1250. The molecule has 1 amide bonds. The molecule has 0 unspecified atom stereocenters. The number of anilines is 1. The van der Waals surface area contributed by atoms with Gasteiger partial charge in [-0.05, 0) is 44.0 Å². The predicted molar refractivity (Wildman–Crippen MR) is 117 cm³/mol. The van der Waals surface area contributed by atoms with Crippen LogP contribution in [-0.4, -0.2) is 35.2 Å². The molecule has 3 aromatic heterocycles. The molecule has 1 aliphatic heterocycles. The van der Waals surface area contributed by atoms with Crippen LogP contribution in [-0.2, 0) is 13.0 Å². The van der Waals surface area contributed by atoms with E-state index in [1.54, 1.807) is 17.1 Å². The van der Waals surface area contributed by atoms with E-state index in [-0.39, 0.29) is 5.91 Å². The van der Waals surface area contributed by atoms with Crippen LogP contribution in [0.4, 0.5) is 5.69 Å². The first kappa shape index (κ1) is 18.9. The van der Waals surface area contributed by atoms with Crippen molar-refractivity contribution in [2.45, 2.75) is 39.2 Å². The molecule has 0 bridgehead atoms. The number of carbonyl (C=O) groups excluding carboxylic acids is 1. The summed E-state index contributed by atoms with van der Waals surface area (Å²) in [7, 11) is 0. The summed E-state index contributed by atoms with van der Waals surface area (Å²) in [5.41, 5.74) is 4.14. The number of benzene rings is 1. The molecule has 152 valence electrons. The first-order valence-electron chi connectivity index (χ1n) is 9.93. The number of rotatable bonds is 3. The van der Waals surface area contributed by atoms with Gasteiger partial charge in [-0.3, -0.25) is 4.79 Å². The van der Waals surface area contributed by atoms with Gasteiger partial charge in [-0.25, -0.2) is 19.6 Å². The van der Waals surface area contributed by atoms with Gasteiger partial charge < -0.3 is 9.88 Å². The summed E-state index contributed by atoms with van der Waals surface area (Å²) in [4.78, 5) is 26.9. The average Bonchev–Trinajstić information content (AvgIpc) is 3.30. The highest BCUT2D eigenvalue weighted by atomic mass is 79.9. The molecule has 0 atom stereocenters. The summed E-state index contributed by atoms with van der Waals surface area (Å²) >= 11 is 3.48. The van der Waals surface area contributed by atoms with Gasteiger partial charge in [0.15, 0.2) is 5.65 Å². The molecule has 30 heavy (non-hydrogen) atoms. The van der Waals surface area contributed by atoms with Crippen LogP contribution in [0.1, 0.15) is 41.1 Å². The van der Waals surface area contributed by atoms with Gasteiger partial charge in [-0.2, -0.15) is 5.10 Å². The summed E-state index contributed by atoms with van der Waals surface area (Å²) in [6.45, 7) is 2.80. The van der Waals surface area contributed by atoms with Crippen molar-refractivity contribution in [3.05, 3.63) is 58.5 Å². The molecule has 0 spiro atoms. The van der Waals surface area contributed by atoms with Crippen molar-refractivity contribution in [1.29, 1.82) is 0 Å². The number of hydrogen-bond acceptors (Lipinski definition) is 5. The molecule has 4 heterocycles. The molecule has 8 nitrogen and oxygen atoms in total. The van der Waals surface area contributed by atoms with Crippen molar-refractivity contribution in [2.24, 2.45) is 0 Å². The van der Waals surface area contributed by atoms with Crippen LogP contribution in [0.5, 0.6) is 0 Å². The van der Waals surface area contributed by atoms with Gasteiger partial charge in [0.1, 0.15) is 24.0 Å². The highest BCUT2D eigenvalue weighted by Crippen LogP contribution is 2.27. The predicted octanol–water partition coefficient (Wildman–Crippen LogP) is 4.06. The van der Waals surface area contributed by atoms with Gasteiger partial charge in [0.2, 0.25) is 0 Å². The number of nitrogens with zero attached hydrogens (tertiary/aromatic N) is 6. The van der Waals surface area contributed by atoms with Gasteiger partial charge in [0.25, 0.3) is 5.91 Å². The number of nitrogens with one attached hydrogen (secondary N) is 1. The van der Waals surface area contributed by atoms with E-state index >= 15 is 0 Å². The molecular formula is C21H20BrN7O. The van der Waals surface area contributed by atoms with Crippen LogP contribution in [0.3, 0.4) is 0 Å². The van der Waals surface area contributed by atoms with Gasteiger partial charge in [-0.15, -0.1) is 0 Å². The van der Waals surface area contributed by atoms with Crippen LogP contribution in [0.25, 0.3) is 16.9 Å². The Balaban J connectivity index is 1.57. The van der Waals surface area contributed by atoms with E-state index < -0.39 is 0 Å². The zero-order valence-corrected chi connectivity index (χ0v) is 18.1. The molecule has 0 saturated heterocycles. The van der Waals surface area contributed by atoms with Crippen molar-refractivity contribution >= 4 is 38.7 Å². The second-order valence-corrected chi connectivity index (χ2v) is 8.35. The lowest BCUT2D eigenvalue weighted by molar-refractivity contribution is 0.102. The fraction of sp³-hybridized carbons (Fsp3) is 0.286. The van der Waals surface area contributed by atoms with Gasteiger partial charge in [-0.1, -0.05) is 22.4 Å². The lowest BCUT2D eigenvalue weighted by Crippen LogP contribution is -2.15. The SMILES string of the molecule is Cc1cc(C(=O)Nc2cc(Br)ccc2-n2cncn2)c2nc3n(c2n1)CCCCC3. The second-order valence-electron chi connectivity index (χ2n) is 7.43. The lowest BCUT2D eigenvalue weighted by atomic mass is 10.1. The van der Waals surface area contributed by atoms with Crippen molar-refractivity contribution in [1.82, 2.24) is 29.3 Å². The van der Waals surface area contributed by atoms with Crippen molar-refractivity contribution < 1.29 is 4.79 Å². The van der Waals surface area contributed by atoms with E-state index in [0.29, 0.717) is 16.8 Å². The lowest BCUT2D eigenvalue weighted by Gasteiger charge is -2.12. The van der Waals surface area contributed by atoms with E-state index in [1.807, 2.05) is 25.1 Å². The Morgan fingerprint density at radius 2 is 2.07 bits per heavy atom. The van der Waals surface area contributed by atoms with Crippen LogP contribution in [0.15, 0.2) is 41.4 Å². The topological polar surface area (TPSA) is 90.5 Å². The molecule has 0 saturated carbocycles. The molecule has 1 aromatic carbocycles. The number of pyridine rings is 1. The molecule has 1 aliphatic rings. The van der Waals surface area contributed by atoms with Crippen molar-refractivity contribution in [2.75, 3.05) is 5.32 Å². The van der Waals surface area contributed by atoms with E-state index in [0.717, 1.165) is 53.1 Å². The maximum Gasteiger partial charge on any atom is 0.258 e. The summed E-state index contributed by atoms with van der Waals surface area (Å²) in [6, 6.07) is 7.43. The second kappa shape index (κ2) is 7.64. The Morgan fingerprint density at radius 1 is 1.17 bits per heavy atom. The fourth-order valence-corrected chi connectivity index (χ4v) is 4.28. The first-order chi connectivity index (χ1) is 14.6. The number of hydrogen-bond donors (Lipinski definition) is 1. The number of aryl methyl sites for hydroxylation is 3. The van der Waals surface area contributed by atoms with E-state index in [9.17, 15) is 4.79 Å². The highest BCUT2D eigenvalue weighted by Gasteiger charge is 2.21. The summed E-state index contributed by atoms with van der Waals surface area (Å²) in [5.74, 6) is 0.790.